The SMILES string of the molecule is c1ccc2c(c1)Oc1ccccc1C21c2ccccc2-c2c(N(c3ccc4c5ccccc5c5ccccc5c4c3)c3cccc4c3-c3ccccc3C43c4ccccc4Sc4ccccc43)cccc21. The highest BCUT2D eigenvalue weighted by Crippen LogP contribution is 2.67. The Morgan fingerprint density at radius 2 is 0.676 bits per heavy atom. The van der Waals surface area contributed by atoms with Crippen molar-refractivity contribution in [3.05, 3.63) is 293 Å². The number of fused-ring (bicyclic) bond motifs is 24. The fraction of sp³-hybridized carbons (Fsp3) is 0.0294. The summed E-state index contributed by atoms with van der Waals surface area (Å²) in [7, 11) is 0. The van der Waals surface area contributed by atoms with Crippen LogP contribution in [0.4, 0.5) is 17.1 Å². The topological polar surface area (TPSA) is 12.5 Å². The van der Waals surface area contributed by atoms with Gasteiger partial charge in [-0.25, -0.2) is 0 Å². The fourth-order valence-electron chi connectivity index (χ4n) is 13.6. The van der Waals surface area contributed by atoms with Crippen LogP contribution in [0, 0.1) is 0 Å². The second kappa shape index (κ2) is 14.5. The molecule has 2 aliphatic heterocycles. The van der Waals surface area contributed by atoms with Crippen molar-refractivity contribution in [2.75, 3.05) is 4.90 Å². The first-order chi connectivity index (χ1) is 35.2. The molecule has 3 heteroatoms. The largest absolute Gasteiger partial charge is 0.457 e. The minimum Gasteiger partial charge on any atom is -0.457 e. The van der Waals surface area contributed by atoms with E-state index in [1.807, 2.05) is 11.8 Å². The third-order valence-corrected chi connectivity index (χ3v) is 17.3. The molecule has 0 radical (unpaired) electrons. The Morgan fingerprint density at radius 1 is 0.296 bits per heavy atom. The van der Waals surface area contributed by atoms with E-state index in [1.165, 1.54) is 97.7 Å². The van der Waals surface area contributed by atoms with Gasteiger partial charge in [-0.1, -0.05) is 212 Å². The van der Waals surface area contributed by atoms with Crippen molar-refractivity contribution in [3.8, 4) is 33.8 Å². The van der Waals surface area contributed by atoms with Gasteiger partial charge in [0, 0.05) is 37.7 Å². The van der Waals surface area contributed by atoms with Crippen LogP contribution in [0.1, 0.15) is 44.5 Å². The highest BCUT2D eigenvalue weighted by molar-refractivity contribution is 7.99. The maximum atomic E-state index is 6.79. The van der Waals surface area contributed by atoms with E-state index >= 15 is 0 Å². The van der Waals surface area contributed by atoms with E-state index in [4.69, 9.17) is 4.74 Å². The van der Waals surface area contributed by atoms with Crippen molar-refractivity contribution in [2.45, 2.75) is 20.6 Å². The van der Waals surface area contributed by atoms with Crippen LogP contribution in [0.25, 0.3) is 54.6 Å². The summed E-state index contributed by atoms with van der Waals surface area (Å²) < 4.78 is 6.79. The molecule has 2 spiro atoms. The molecular weight excluding hydrogens is 879 g/mol. The highest BCUT2D eigenvalue weighted by atomic mass is 32.2. The molecule has 0 unspecified atom stereocenters. The van der Waals surface area contributed by atoms with Crippen LogP contribution in [0.5, 0.6) is 11.5 Å². The number of para-hydroxylation sites is 2. The maximum absolute atomic E-state index is 6.79. The zero-order chi connectivity index (χ0) is 46.4. The first kappa shape index (κ1) is 39.2. The zero-order valence-corrected chi connectivity index (χ0v) is 39.3. The third-order valence-electron chi connectivity index (χ3n) is 16.2. The molecule has 12 aromatic carbocycles. The molecule has 2 nitrogen and oxygen atoms in total. The van der Waals surface area contributed by atoms with E-state index in [0.717, 1.165) is 39.7 Å². The molecule has 2 heterocycles. The van der Waals surface area contributed by atoms with E-state index in [2.05, 4.69) is 254 Å². The lowest BCUT2D eigenvalue weighted by Gasteiger charge is -2.40. The van der Waals surface area contributed by atoms with Gasteiger partial charge in [0.2, 0.25) is 0 Å². The summed E-state index contributed by atoms with van der Waals surface area (Å²) in [6, 6.07) is 93.1. The van der Waals surface area contributed by atoms with Crippen molar-refractivity contribution in [1.29, 1.82) is 0 Å². The molecule has 330 valence electrons. The Bertz CT molecular complexity index is 3960. The number of hydrogen-bond acceptors (Lipinski definition) is 3. The minimum atomic E-state index is -0.625. The fourth-order valence-corrected chi connectivity index (χ4v) is 14.8. The molecule has 0 saturated carbocycles. The summed E-state index contributed by atoms with van der Waals surface area (Å²) in [6.45, 7) is 0. The van der Waals surface area contributed by atoms with Gasteiger partial charge < -0.3 is 9.64 Å². The number of anilines is 3. The van der Waals surface area contributed by atoms with Crippen LogP contribution in [-0.4, -0.2) is 0 Å². The molecule has 16 rings (SSSR count). The molecule has 0 aromatic heterocycles. The van der Waals surface area contributed by atoms with E-state index < -0.39 is 10.8 Å². The van der Waals surface area contributed by atoms with Gasteiger partial charge in [-0.05, 0) is 125 Å². The van der Waals surface area contributed by atoms with Gasteiger partial charge >= 0.3 is 0 Å². The van der Waals surface area contributed by atoms with Crippen molar-refractivity contribution < 1.29 is 4.74 Å². The molecular formula is C68H41NOS. The molecule has 71 heavy (non-hydrogen) atoms. The quantitative estimate of drug-likeness (QED) is 0.164. The van der Waals surface area contributed by atoms with Gasteiger partial charge in [-0.15, -0.1) is 0 Å². The molecule has 0 bridgehead atoms. The van der Waals surface area contributed by atoms with Crippen molar-refractivity contribution in [1.82, 2.24) is 0 Å². The normalized spacial score (nSPS) is 14.5. The Balaban J connectivity index is 1.05. The molecule has 0 N–H and O–H groups in total. The van der Waals surface area contributed by atoms with Crippen LogP contribution >= 0.6 is 11.8 Å². The van der Waals surface area contributed by atoms with E-state index in [9.17, 15) is 0 Å². The van der Waals surface area contributed by atoms with Crippen molar-refractivity contribution in [3.63, 3.8) is 0 Å². The standard InChI is InChI=1S/C68H41NOS/c1-2-21-45-43(19-1)44-20-3-4-22-46(44)50-41-42(39-40-47(45)50)69(59-33-17-31-57-65(59)48-23-5-7-25-51(48)67(57)53-27-9-13-35-61(53)70-62-36-14-10-28-54(62)67)60-34-18-32-58-66(60)49-24-6-8-26-52(49)68(58)55-29-11-15-37-63(55)71-64-38-16-12-30-56(64)68/h1-41H. The third kappa shape index (κ3) is 4.98. The molecule has 0 saturated heterocycles. The molecule has 0 atom stereocenters. The lowest BCUT2D eigenvalue weighted by Crippen LogP contribution is -2.32. The van der Waals surface area contributed by atoms with Gasteiger partial charge in [-0.3, -0.25) is 0 Å². The van der Waals surface area contributed by atoms with Gasteiger partial charge in [0.15, 0.2) is 0 Å². The molecule has 4 aliphatic rings. The van der Waals surface area contributed by atoms with Crippen molar-refractivity contribution in [2.24, 2.45) is 0 Å². The Kier molecular flexibility index (Phi) is 7.99. The van der Waals surface area contributed by atoms with E-state index in [1.54, 1.807) is 0 Å². The summed E-state index contributed by atoms with van der Waals surface area (Å²) >= 11 is 1.89. The second-order valence-corrected chi connectivity index (χ2v) is 20.4. The minimum absolute atomic E-state index is 0.532. The van der Waals surface area contributed by atoms with Crippen LogP contribution in [0.3, 0.4) is 0 Å². The van der Waals surface area contributed by atoms with E-state index in [-0.39, 0.29) is 0 Å². The van der Waals surface area contributed by atoms with Gasteiger partial charge in [0.25, 0.3) is 0 Å². The molecule has 0 amide bonds. The highest BCUT2D eigenvalue weighted by Gasteiger charge is 2.54. The Labute approximate surface area is 416 Å². The predicted octanol–water partition coefficient (Wildman–Crippen LogP) is 17.9. The number of nitrogens with zero attached hydrogens (tertiary/aromatic N) is 1. The predicted molar refractivity (Wildman–Crippen MR) is 292 cm³/mol. The summed E-state index contributed by atoms with van der Waals surface area (Å²) in [5.41, 5.74) is 17.3. The smallest absolute Gasteiger partial charge is 0.132 e. The summed E-state index contributed by atoms with van der Waals surface area (Å²) in [5, 5.41) is 7.52. The first-order valence-corrected chi connectivity index (χ1v) is 25.4. The average molecular weight is 920 g/mol. The second-order valence-electron chi connectivity index (χ2n) is 19.3. The van der Waals surface area contributed by atoms with Crippen molar-refractivity contribution >= 4 is 61.1 Å². The molecule has 12 aromatic rings. The van der Waals surface area contributed by atoms with Crippen LogP contribution < -0.4 is 9.64 Å². The Hall–Kier alpha value is -8.63. The van der Waals surface area contributed by atoms with Crippen LogP contribution in [0.2, 0.25) is 0 Å². The Morgan fingerprint density at radius 3 is 1.20 bits per heavy atom. The number of benzene rings is 12. The number of ether oxygens (including phenoxy) is 1. The molecule has 2 aliphatic carbocycles. The zero-order valence-electron chi connectivity index (χ0n) is 38.4. The van der Waals surface area contributed by atoms with Gasteiger partial charge in [-0.2, -0.15) is 0 Å². The lowest BCUT2D eigenvalue weighted by molar-refractivity contribution is 0.436. The number of hydrogen-bond donors (Lipinski definition) is 0. The first-order valence-electron chi connectivity index (χ1n) is 24.6. The number of rotatable bonds is 3. The lowest BCUT2D eigenvalue weighted by atomic mass is 9.66. The van der Waals surface area contributed by atoms with E-state index in [0.29, 0.717) is 0 Å². The summed E-state index contributed by atoms with van der Waals surface area (Å²) in [5.74, 6) is 1.78. The maximum Gasteiger partial charge on any atom is 0.132 e. The monoisotopic (exact) mass is 919 g/mol. The van der Waals surface area contributed by atoms with Gasteiger partial charge in [0.05, 0.1) is 22.2 Å². The van der Waals surface area contributed by atoms with Crippen LogP contribution in [0.15, 0.2) is 259 Å². The summed E-state index contributed by atoms with van der Waals surface area (Å²) in [6.07, 6.45) is 0. The average Bonchev–Trinajstić information content (AvgIpc) is 3.90. The van der Waals surface area contributed by atoms with Crippen LogP contribution in [-0.2, 0) is 10.8 Å². The van der Waals surface area contributed by atoms with Gasteiger partial charge in [0.1, 0.15) is 11.5 Å². The summed E-state index contributed by atoms with van der Waals surface area (Å²) in [4.78, 5) is 5.20. The molecule has 0 fully saturated rings.